The van der Waals surface area contributed by atoms with Gasteiger partial charge in [-0.2, -0.15) is 13.2 Å². The van der Waals surface area contributed by atoms with Crippen LogP contribution in [-0.2, 0) is 6.18 Å². The van der Waals surface area contributed by atoms with Crippen LogP contribution < -0.4 is 10.6 Å². The number of hydrogen-bond donors (Lipinski definition) is 2. The van der Waals surface area contributed by atoms with E-state index in [1.165, 1.54) is 0 Å². The third kappa shape index (κ3) is 4.05. The summed E-state index contributed by atoms with van der Waals surface area (Å²) in [6, 6.07) is 0.321. The molecule has 2 rings (SSSR count). The minimum Gasteiger partial charge on any atom is -0.353 e. The molecule has 1 aliphatic rings. The number of rotatable bonds is 3. The average molecular weight is 274 g/mol. The zero-order valence-electron chi connectivity index (χ0n) is 10.7. The van der Waals surface area contributed by atoms with Crippen molar-refractivity contribution in [2.45, 2.75) is 32.0 Å². The van der Waals surface area contributed by atoms with Crippen molar-refractivity contribution in [2.24, 2.45) is 5.92 Å². The Bertz CT molecular complexity index is 396. The summed E-state index contributed by atoms with van der Waals surface area (Å²) in [6.07, 6.45) is -0.584. The summed E-state index contributed by atoms with van der Waals surface area (Å²) in [4.78, 5) is 7.35. The molecule has 0 aromatic carbocycles. The van der Waals surface area contributed by atoms with Gasteiger partial charge in [-0.25, -0.2) is 9.97 Å². The lowest BCUT2D eigenvalue weighted by atomic mass is 9.96. The van der Waals surface area contributed by atoms with Gasteiger partial charge in [0.25, 0.3) is 0 Å². The van der Waals surface area contributed by atoms with Gasteiger partial charge in [0.05, 0.1) is 5.56 Å². The lowest BCUT2D eigenvalue weighted by molar-refractivity contribution is -0.138. The number of nitrogens with zero attached hydrogens (tertiary/aromatic N) is 2. The molecule has 2 N–H and O–H groups in total. The number of alkyl halides is 3. The first-order valence-corrected chi connectivity index (χ1v) is 6.31. The van der Waals surface area contributed by atoms with Gasteiger partial charge in [0.15, 0.2) is 0 Å². The summed E-state index contributed by atoms with van der Waals surface area (Å²) in [5.41, 5.74) is -0.831. The lowest BCUT2D eigenvalue weighted by Gasteiger charge is -2.27. The van der Waals surface area contributed by atoms with Crippen molar-refractivity contribution in [3.05, 3.63) is 18.0 Å². The van der Waals surface area contributed by atoms with Crippen molar-refractivity contribution < 1.29 is 13.2 Å². The molecule has 19 heavy (non-hydrogen) atoms. The number of nitrogens with one attached hydrogen (secondary N) is 2. The highest BCUT2D eigenvalue weighted by atomic mass is 19.4. The quantitative estimate of drug-likeness (QED) is 0.888. The number of anilines is 1. The Morgan fingerprint density at radius 3 is 2.53 bits per heavy atom. The molecule has 1 unspecified atom stereocenters. The third-order valence-corrected chi connectivity index (χ3v) is 3.25. The summed E-state index contributed by atoms with van der Waals surface area (Å²) in [5, 5.41) is 6.33. The summed E-state index contributed by atoms with van der Waals surface area (Å²) >= 11 is 0. The summed E-state index contributed by atoms with van der Waals surface area (Å²) in [7, 11) is 0. The maximum atomic E-state index is 12.3. The Hall–Kier alpha value is -1.37. The van der Waals surface area contributed by atoms with Gasteiger partial charge in [-0.1, -0.05) is 6.92 Å². The third-order valence-electron chi connectivity index (χ3n) is 3.25. The van der Waals surface area contributed by atoms with Crippen molar-refractivity contribution in [2.75, 3.05) is 18.4 Å². The second kappa shape index (κ2) is 5.73. The second-order valence-corrected chi connectivity index (χ2v) is 4.96. The fraction of sp³-hybridized carbons (Fsp3) is 0.667. The van der Waals surface area contributed by atoms with Crippen LogP contribution in [0.15, 0.2) is 12.4 Å². The van der Waals surface area contributed by atoms with E-state index in [1.807, 2.05) is 0 Å². The van der Waals surface area contributed by atoms with Crippen molar-refractivity contribution in [1.29, 1.82) is 0 Å². The van der Waals surface area contributed by atoms with Crippen LogP contribution in [0.5, 0.6) is 0 Å². The first-order chi connectivity index (χ1) is 8.95. The molecular formula is C12H17F3N4. The number of aromatic nitrogens is 2. The van der Waals surface area contributed by atoms with Crippen LogP contribution >= 0.6 is 0 Å². The first-order valence-electron chi connectivity index (χ1n) is 6.31. The van der Waals surface area contributed by atoms with Crippen LogP contribution in [0.2, 0.25) is 0 Å². The highest BCUT2D eigenvalue weighted by Crippen LogP contribution is 2.28. The standard InChI is InChI=1S/C12H17F3N4/c1-8-2-3-10(16-4-8)7-19-11-17-5-9(6-18-11)12(13,14)15/h5-6,8,10,16H,2-4,7H2,1H3,(H,17,18,19)/t8?,10-/m0/s1. The maximum absolute atomic E-state index is 12.3. The minimum atomic E-state index is -4.39. The molecule has 1 saturated heterocycles. The van der Waals surface area contributed by atoms with Gasteiger partial charge in [-0.05, 0) is 25.3 Å². The molecule has 2 heterocycles. The van der Waals surface area contributed by atoms with E-state index < -0.39 is 11.7 Å². The van der Waals surface area contributed by atoms with E-state index in [0.717, 1.165) is 31.8 Å². The number of piperidine rings is 1. The van der Waals surface area contributed by atoms with E-state index in [-0.39, 0.29) is 5.95 Å². The van der Waals surface area contributed by atoms with E-state index in [4.69, 9.17) is 0 Å². The maximum Gasteiger partial charge on any atom is 0.419 e. The predicted molar refractivity (Wildman–Crippen MR) is 65.7 cm³/mol. The zero-order chi connectivity index (χ0) is 13.9. The van der Waals surface area contributed by atoms with Gasteiger partial charge in [-0.3, -0.25) is 0 Å². The van der Waals surface area contributed by atoms with Crippen LogP contribution in [-0.4, -0.2) is 29.1 Å². The Morgan fingerprint density at radius 2 is 2.00 bits per heavy atom. The van der Waals surface area contributed by atoms with E-state index in [2.05, 4.69) is 27.5 Å². The largest absolute Gasteiger partial charge is 0.419 e. The molecule has 1 fully saturated rings. The predicted octanol–water partition coefficient (Wildman–Crippen LogP) is 2.30. The van der Waals surface area contributed by atoms with E-state index in [1.54, 1.807) is 0 Å². The SMILES string of the molecule is CC1CC[C@@H](CNc2ncc(C(F)(F)F)cn2)NC1. The Labute approximate surface area is 109 Å². The fourth-order valence-corrected chi connectivity index (χ4v) is 2.01. The Morgan fingerprint density at radius 1 is 1.32 bits per heavy atom. The molecule has 4 nitrogen and oxygen atoms in total. The summed E-state index contributed by atoms with van der Waals surface area (Å²) < 4.78 is 37.0. The summed E-state index contributed by atoms with van der Waals surface area (Å²) in [5.74, 6) is 0.909. The molecule has 1 aliphatic heterocycles. The average Bonchev–Trinajstić information content (AvgIpc) is 2.37. The van der Waals surface area contributed by atoms with Crippen LogP contribution in [0, 0.1) is 5.92 Å². The first kappa shape index (κ1) is 14.0. The molecule has 106 valence electrons. The van der Waals surface area contributed by atoms with Crippen molar-refractivity contribution in [3.63, 3.8) is 0 Å². The highest BCUT2D eigenvalue weighted by molar-refractivity contribution is 5.25. The van der Waals surface area contributed by atoms with Gasteiger partial charge in [0.1, 0.15) is 0 Å². The monoisotopic (exact) mass is 274 g/mol. The molecule has 0 aliphatic carbocycles. The zero-order valence-corrected chi connectivity index (χ0v) is 10.7. The van der Waals surface area contributed by atoms with Gasteiger partial charge in [0.2, 0.25) is 5.95 Å². The minimum absolute atomic E-state index is 0.230. The molecule has 1 aromatic rings. The molecular weight excluding hydrogens is 257 g/mol. The topological polar surface area (TPSA) is 49.8 Å². The molecule has 0 saturated carbocycles. The van der Waals surface area contributed by atoms with E-state index in [9.17, 15) is 13.2 Å². The van der Waals surface area contributed by atoms with Crippen molar-refractivity contribution >= 4 is 5.95 Å². The van der Waals surface area contributed by atoms with Gasteiger partial charge < -0.3 is 10.6 Å². The van der Waals surface area contributed by atoms with Crippen molar-refractivity contribution in [3.8, 4) is 0 Å². The number of halogens is 3. The van der Waals surface area contributed by atoms with Crippen LogP contribution in [0.25, 0.3) is 0 Å². The fourth-order valence-electron chi connectivity index (χ4n) is 2.01. The Kier molecular flexibility index (Phi) is 4.24. The Balaban J connectivity index is 1.83. The van der Waals surface area contributed by atoms with Gasteiger partial charge in [0, 0.05) is 25.0 Å². The smallest absolute Gasteiger partial charge is 0.353 e. The van der Waals surface area contributed by atoms with E-state index >= 15 is 0 Å². The van der Waals surface area contributed by atoms with Crippen molar-refractivity contribution in [1.82, 2.24) is 15.3 Å². The van der Waals surface area contributed by atoms with Gasteiger partial charge >= 0.3 is 6.18 Å². The summed E-state index contributed by atoms with van der Waals surface area (Å²) in [6.45, 7) is 3.79. The molecule has 0 bridgehead atoms. The van der Waals surface area contributed by atoms with Crippen LogP contribution in [0.4, 0.5) is 19.1 Å². The van der Waals surface area contributed by atoms with Gasteiger partial charge in [-0.15, -0.1) is 0 Å². The lowest BCUT2D eigenvalue weighted by Crippen LogP contribution is -2.42. The highest BCUT2D eigenvalue weighted by Gasteiger charge is 2.31. The normalized spacial score (nSPS) is 24.2. The second-order valence-electron chi connectivity index (χ2n) is 4.96. The van der Waals surface area contributed by atoms with Crippen LogP contribution in [0.1, 0.15) is 25.3 Å². The molecule has 7 heteroatoms. The number of hydrogen-bond acceptors (Lipinski definition) is 4. The molecule has 0 amide bonds. The molecule has 1 aromatic heterocycles. The van der Waals surface area contributed by atoms with E-state index in [0.29, 0.717) is 18.5 Å². The molecule has 2 atom stereocenters. The molecule has 0 radical (unpaired) electrons. The molecule has 0 spiro atoms. The van der Waals surface area contributed by atoms with Crippen LogP contribution in [0.3, 0.4) is 0 Å².